The van der Waals surface area contributed by atoms with Crippen LogP contribution in [0.3, 0.4) is 0 Å². The minimum Gasteiger partial charge on any atom is -0.508 e. The molecule has 0 spiro atoms. The van der Waals surface area contributed by atoms with Gasteiger partial charge < -0.3 is 14.4 Å². The van der Waals surface area contributed by atoms with Crippen LogP contribution in [0.25, 0.3) is 0 Å². The molecule has 1 aliphatic rings. The summed E-state index contributed by atoms with van der Waals surface area (Å²) >= 11 is 0. The maximum Gasteiger partial charge on any atom is 0.340 e. The molecule has 0 bridgehead atoms. The summed E-state index contributed by atoms with van der Waals surface area (Å²) in [7, 11) is 0. The fraction of sp³-hybridized carbons (Fsp3) is 0.312. The highest BCUT2D eigenvalue weighted by molar-refractivity contribution is 5.91. The summed E-state index contributed by atoms with van der Waals surface area (Å²) in [5.41, 5.74) is 0.0427. The molecule has 3 heterocycles. The average molecular weight is 318 g/mol. The van der Waals surface area contributed by atoms with E-state index >= 15 is 0 Å². The molecule has 0 radical (unpaired) electrons. The Balaban J connectivity index is 1.67. The van der Waals surface area contributed by atoms with Crippen molar-refractivity contribution in [2.45, 2.75) is 18.8 Å². The van der Waals surface area contributed by atoms with Crippen LogP contribution < -0.4 is 5.63 Å². The van der Waals surface area contributed by atoms with Crippen LogP contribution in [-0.4, -0.2) is 34.0 Å². The number of hydrogen-bond donors (Lipinski definition) is 1. The second-order valence-electron chi connectivity index (χ2n) is 5.47. The van der Waals surface area contributed by atoms with Crippen LogP contribution in [-0.2, 0) is 0 Å². The zero-order valence-electron chi connectivity index (χ0n) is 12.2. The van der Waals surface area contributed by atoms with Gasteiger partial charge >= 0.3 is 5.63 Å². The van der Waals surface area contributed by atoms with Gasteiger partial charge in [-0.3, -0.25) is 9.78 Å². The SMILES string of the molecule is O=C(c1cc(O)cc(=O)o1)N1CCC(c2ccc(F)cn2)CC1. The van der Waals surface area contributed by atoms with Crippen LogP contribution in [0.5, 0.6) is 5.75 Å². The third-order valence-electron chi connectivity index (χ3n) is 3.92. The van der Waals surface area contributed by atoms with E-state index < -0.39 is 11.5 Å². The van der Waals surface area contributed by atoms with E-state index in [0.717, 1.165) is 17.8 Å². The van der Waals surface area contributed by atoms with E-state index in [9.17, 15) is 19.1 Å². The number of carbonyl (C=O) groups is 1. The number of halogens is 1. The van der Waals surface area contributed by atoms with Crippen molar-refractivity contribution in [2.24, 2.45) is 0 Å². The number of pyridine rings is 1. The molecule has 2 aromatic heterocycles. The van der Waals surface area contributed by atoms with Crippen molar-refractivity contribution in [1.82, 2.24) is 9.88 Å². The first-order valence-electron chi connectivity index (χ1n) is 7.28. The van der Waals surface area contributed by atoms with Crippen molar-refractivity contribution in [3.63, 3.8) is 0 Å². The van der Waals surface area contributed by atoms with Gasteiger partial charge in [-0.2, -0.15) is 0 Å². The number of aromatic hydroxyl groups is 1. The molecule has 0 atom stereocenters. The van der Waals surface area contributed by atoms with Gasteiger partial charge in [-0.1, -0.05) is 0 Å². The maximum atomic E-state index is 12.9. The lowest BCUT2D eigenvalue weighted by atomic mass is 9.93. The monoisotopic (exact) mass is 318 g/mol. The van der Waals surface area contributed by atoms with Crippen molar-refractivity contribution in [1.29, 1.82) is 0 Å². The third kappa shape index (κ3) is 3.39. The predicted molar refractivity (Wildman–Crippen MR) is 78.7 cm³/mol. The average Bonchev–Trinajstić information content (AvgIpc) is 2.54. The van der Waals surface area contributed by atoms with Crippen molar-refractivity contribution in [2.75, 3.05) is 13.1 Å². The molecular formula is C16H15FN2O4. The van der Waals surface area contributed by atoms with Crippen molar-refractivity contribution in [3.8, 4) is 5.75 Å². The highest BCUT2D eigenvalue weighted by Gasteiger charge is 2.26. The van der Waals surface area contributed by atoms with Gasteiger partial charge in [0.25, 0.3) is 5.91 Å². The maximum absolute atomic E-state index is 12.9. The minimum atomic E-state index is -0.765. The van der Waals surface area contributed by atoms with Gasteiger partial charge in [0.05, 0.1) is 12.3 Å². The number of aromatic nitrogens is 1. The number of hydrogen-bond acceptors (Lipinski definition) is 5. The van der Waals surface area contributed by atoms with Crippen LogP contribution in [0, 0.1) is 5.82 Å². The van der Waals surface area contributed by atoms with Gasteiger partial charge in [0, 0.05) is 30.8 Å². The van der Waals surface area contributed by atoms with Gasteiger partial charge in [0.1, 0.15) is 11.6 Å². The van der Waals surface area contributed by atoms with Crippen molar-refractivity contribution >= 4 is 5.91 Å². The molecular weight excluding hydrogens is 303 g/mol. The molecule has 6 nitrogen and oxygen atoms in total. The first-order chi connectivity index (χ1) is 11.0. The molecule has 1 fully saturated rings. The Hall–Kier alpha value is -2.70. The lowest BCUT2D eigenvalue weighted by Gasteiger charge is -2.31. The number of nitrogens with zero attached hydrogens (tertiary/aromatic N) is 2. The third-order valence-corrected chi connectivity index (χ3v) is 3.92. The van der Waals surface area contributed by atoms with E-state index in [1.165, 1.54) is 12.3 Å². The highest BCUT2D eigenvalue weighted by Crippen LogP contribution is 2.27. The fourth-order valence-electron chi connectivity index (χ4n) is 2.73. The van der Waals surface area contributed by atoms with E-state index in [-0.39, 0.29) is 23.2 Å². The molecule has 2 aromatic rings. The van der Waals surface area contributed by atoms with Crippen molar-refractivity contribution < 1.29 is 18.7 Å². The summed E-state index contributed by atoms with van der Waals surface area (Å²) in [4.78, 5) is 29.2. The van der Waals surface area contributed by atoms with Gasteiger partial charge in [-0.15, -0.1) is 0 Å². The second kappa shape index (κ2) is 6.20. The fourth-order valence-corrected chi connectivity index (χ4v) is 2.73. The zero-order valence-corrected chi connectivity index (χ0v) is 12.2. The number of amides is 1. The molecule has 0 aliphatic carbocycles. The summed E-state index contributed by atoms with van der Waals surface area (Å²) in [6, 6.07) is 5.08. The molecule has 0 aromatic carbocycles. The van der Waals surface area contributed by atoms with Crippen LogP contribution >= 0.6 is 0 Å². The summed E-state index contributed by atoms with van der Waals surface area (Å²) < 4.78 is 17.7. The summed E-state index contributed by atoms with van der Waals surface area (Å²) in [6.45, 7) is 0.948. The molecule has 1 aliphatic heterocycles. The Kier molecular flexibility index (Phi) is 4.10. The molecule has 0 unspecified atom stereocenters. The van der Waals surface area contributed by atoms with Crippen molar-refractivity contribution in [3.05, 3.63) is 58.2 Å². The highest BCUT2D eigenvalue weighted by atomic mass is 19.1. The molecule has 120 valence electrons. The number of rotatable bonds is 2. The number of piperidine rings is 1. The van der Waals surface area contributed by atoms with E-state index in [1.807, 2.05) is 0 Å². The molecule has 1 amide bonds. The number of carbonyl (C=O) groups excluding carboxylic acids is 1. The van der Waals surface area contributed by atoms with Gasteiger partial charge in [0.15, 0.2) is 5.76 Å². The predicted octanol–water partition coefficient (Wildman–Crippen LogP) is 1.90. The van der Waals surface area contributed by atoms with E-state index in [0.29, 0.717) is 25.9 Å². The Morgan fingerprint density at radius 2 is 2.04 bits per heavy atom. The normalized spacial score (nSPS) is 15.6. The van der Waals surface area contributed by atoms with Gasteiger partial charge in [-0.25, -0.2) is 9.18 Å². The summed E-state index contributed by atoms with van der Waals surface area (Å²) in [5, 5.41) is 9.38. The van der Waals surface area contributed by atoms with Crippen LogP contribution in [0.2, 0.25) is 0 Å². The minimum absolute atomic E-state index is 0.163. The Labute approximate surface area is 131 Å². The largest absolute Gasteiger partial charge is 0.508 e. The Bertz CT molecular complexity index is 764. The molecule has 1 saturated heterocycles. The smallest absolute Gasteiger partial charge is 0.340 e. The van der Waals surface area contributed by atoms with Crippen LogP contribution in [0.4, 0.5) is 4.39 Å². The molecule has 0 saturated carbocycles. The Morgan fingerprint density at radius 3 is 2.65 bits per heavy atom. The first-order valence-corrected chi connectivity index (χ1v) is 7.28. The standard InChI is InChI=1S/C16H15FN2O4/c17-11-1-2-13(18-9-11)10-3-5-19(6-4-10)16(22)14-7-12(20)8-15(21)23-14/h1-2,7-10,20H,3-6H2. The van der Waals surface area contributed by atoms with E-state index in [4.69, 9.17) is 4.42 Å². The second-order valence-corrected chi connectivity index (χ2v) is 5.47. The van der Waals surface area contributed by atoms with E-state index in [2.05, 4.69) is 4.98 Å². The molecule has 3 rings (SSSR count). The lowest BCUT2D eigenvalue weighted by molar-refractivity contribution is 0.0674. The van der Waals surface area contributed by atoms with Gasteiger partial charge in [-0.05, 0) is 25.0 Å². The zero-order chi connectivity index (χ0) is 16.4. The number of likely N-dealkylation sites (tertiary alicyclic amines) is 1. The van der Waals surface area contributed by atoms with Gasteiger partial charge in [0.2, 0.25) is 0 Å². The van der Waals surface area contributed by atoms with Crippen LogP contribution in [0.15, 0.2) is 39.7 Å². The molecule has 1 N–H and O–H groups in total. The molecule has 7 heteroatoms. The Morgan fingerprint density at radius 1 is 1.30 bits per heavy atom. The topological polar surface area (TPSA) is 83.6 Å². The summed E-state index contributed by atoms with van der Waals surface area (Å²) in [6.07, 6.45) is 2.56. The van der Waals surface area contributed by atoms with E-state index in [1.54, 1.807) is 11.0 Å². The quantitative estimate of drug-likeness (QED) is 0.914. The summed E-state index contributed by atoms with van der Waals surface area (Å²) in [5.74, 6) is -1.11. The first kappa shape index (κ1) is 15.2. The lowest BCUT2D eigenvalue weighted by Crippen LogP contribution is -2.38. The van der Waals surface area contributed by atoms with Crippen LogP contribution in [0.1, 0.15) is 35.0 Å². The molecule has 23 heavy (non-hydrogen) atoms.